The van der Waals surface area contributed by atoms with E-state index < -0.39 is 5.41 Å². The summed E-state index contributed by atoms with van der Waals surface area (Å²) in [4.78, 5) is 26.8. The number of anilines is 1. The summed E-state index contributed by atoms with van der Waals surface area (Å²) in [6.07, 6.45) is 1.02. The van der Waals surface area contributed by atoms with Crippen molar-refractivity contribution in [1.29, 1.82) is 0 Å². The molecule has 8 heteroatoms. The fraction of sp³-hybridized carbons (Fsp3) is 0.391. The highest BCUT2D eigenvalue weighted by Crippen LogP contribution is 2.28. The van der Waals surface area contributed by atoms with Crippen LogP contribution < -0.4 is 10.6 Å². The highest BCUT2D eigenvalue weighted by Gasteiger charge is 2.29. The lowest BCUT2D eigenvalue weighted by Gasteiger charge is -2.33. The first-order chi connectivity index (χ1) is 14.7. The first-order valence-electron chi connectivity index (χ1n) is 10.2. The number of phenols is 1. The number of phenolic OH excluding ortho intramolecular Hbond substituents is 1. The molecule has 2 aromatic rings. The Labute approximate surface area is 186 Å². The molecule has 0 spiro atoms. The molecule has 3 N–H and O–H groups in total. The van der Waals surface area contributed by atoms with Crippen LogP contribution in [-0.4, -0.2) is 41.6 Å². The topological polar surface area (TPSA) is 81.7 Å². The smallest absolute Gasteiger partial charge is 0.317 e. The number of urea groups is 1. The van der Waals surface area contributed by atoms with Crippen LogP contribution >= 0.6 is 11.6 Å². The third-order valence-corrected chi connectivity index (χ3v) is 5.89. The fourth-order valence-electron chi connectivity index (χ4n) is 3.70. The van der Waals surface area contributed by atoms with Crippen LogP contribution in [0.2, 0.25) is 5.02 Å². The summed E-state index contributed by atoms with van der Waals surface area (Å²) in [6, 6.07) is 10.8. The summed E-state index contributed by atoms with van der Waals surface area (Å²) >= 11 is 5.92. The maximum atomic E-state index is 14.1. The molecule has 0 atom stereocenters. The molecular formula is C23H27ClFN3O3. The molecule has 0 radical (unpaired) electrons. The van der Waals surface area contributed by atoms with Gasteiger partial charge in [-0.2, -0.15) is 0 Å². The second-order valence-corrected chi connectivity index (χ2v) is 8.87. The molecule has 0 saturated carbocycles. The Kier molecular flexibility index (Phi) is 7.05. The van der Waals surface area contributed by atoms with Crippen LogP contribution in [0, 0.1) is 11.7 Å². The third kappa shape index (κ3) is 5.67. The standard InChI is InChI=1S/C23H27ClFN3O3/c1-23(2,17-5-3-4-6-18(17)25)14-26-22(31)28-11-9-15(10-12-28)21(30)27-19-13-16(24)7-8-20(19)29/h3-8,13,15,29H,9-12,14H2,1-2H3,(H,26,31)(H,27,30). The molecule has 0 aliphatic carbocycles. The van der Waals surface area contributed by atoms with Gasteiger partial charge in [0.05, 0.1) is 5.69 Å². The van der Waals surface area contributed by atoms with E-state index in [1.54, 1.807) is 23.1 Å². The summed E-state index contributed by atoms with van der Waals surface area (Å²) in [5.74, 6) is -0.818. The number of benzene rings is 2. The van der Waals surface area contributed by atoms with E-state index >= 15 is 0 Å². The van der Waals surface area contributed by atoms with Crippen LogP contribution in [0.25, 0.3) is 0 Å². The van der Waals surface area contributed by atoms with Gasteiger partial charge in [-0.1, -0.05) is 43.6 Å². The second-order valence-electron chi connectivity index (χ2n) is 8.43. The molecule has 3 amide bonds. The lowest BCUT2D eigenvalue weighted by Crippen LogP contribution is -2.48. The number of rotatable bonds is 5. The highest BCUT2D eigenvalue weighted by atomic mass is 35.5. The normalized spacial score (nSPS) is 14.9. The molecule has 166 valence electrons. The highest BCUT2D eigenvalue weighted by molar-refractivity contribution is 6.31. The quantitative estimate of drug-likeness (QED) is 0.589. The average Bonchev–Trinajstić information content (AvgIpc) is 2.75. The lowest BCUT2D eigenvalue weighted by molar-refractivity contribution is -0.121. The number of aromatic hydroxyl groups is 1. The first kappa shape index (κ1) is 22.9. The summed E-state index contributed by atoms with van der Waals surface area (Å²) in [7, 11) is 0. The van der Waals surface area contributed by atoms with Crippen molar-refractivity contribution in [3.8, 4) is 5.75 Å². The van der Waals surface area contributed by atoms with Gasteiger partial charge in [-0.15, -0.1) is 0 Å². The van der Waals surface area contributed by atoms with Crippen molar-refractivity contribution in [3.05, 3.63) is 58.9 Å². The second kappa shape index (κ2) is 9.56. The molecule has 3 rings (SSSR count). The monoisotopic (exact) mass is 447 g/mol. The number of amides is 3. The number of likely N-dealkylation sites (tertiary alicyclic amines) is 1. The lowest BCUT2D eigenvalue weighted by atomic mass is 9.84. The van der Waals surface area contributed by atoms with Crippen LogP contribution in [0.4, 0.5) is 14.9 Å². The number of halogens is 2. The molecule has 6 nitrogen and oxygen atoms in total. The minimum absolute atomic E-state index is 0.0490. The van der Waals surface area contributed by atoms with E-state index in [0.717, 1.165) is 0 Å². The zero-order valence-corrected chi connectivity index (χ0v) is 18.4. The van der Waals surface area contributed by atoms with E-state index in [1.807, 2.05) is 13.8 Å². The maximum Gasteiger partial charge on any atom is 0.317 e. The van der Waals surface area contributed by atoms with Gasteiger partial charge in [-0.25, -0.2) is 9.18 Å². The fourth-order valence-corrected chi connectivity index (χ4v) is 3.87. The molecule has 1 fully saturated rings. The van der Waals surface area contributed by atoms with E-state index in [4.69, 9.17) is 11.6 Å². The van der Waals surface area contributed by atoms with Crippen molar-refractivity contribution in [2.24, 2.45) is 5.92 Å². The Balaban J connectivity index is 1.50. The molecule has 1 heterocycles. The number of nitrogens with one attached hydrogen (secondary N) is 2. The van der Waals surface area contributed by atoms with E-state index in [1.165, 1.54) is 24.3 Å². The number of hydrogen-bond acceptors (Lipinski definition) is 3. The maximum absolute atomic E-state index is 14.1. The SMILES string of the molecule is CC(C)(CNC(=O)N1CCC(C(=O)Nc2cc(Cl)ccc2O)CC1)c1ccccc1F. The third-order valence-electron chi connectivity index (χ3n) is 5.65. The summed E-state index contributed by atoms with van der Waals surface area (Å²) in [5, 5.41) is 15.9. The molecule has 0 unspecified atom stereocenters. The van der Waals surface area contributed by atoms with Crippen LogP contribution in [0.5, 0.6) is 5.75 Å². The number of piperidine rings is 1. The summed E-state index contributed by atoms with van der Waals surface area (Å²) in [6.45, 7) is 4.93. The van der Waals surface area contributed by atoms with Gasteiger partial charge in [-0.05, 0) is 42.7 Å². The molecule has 2 aromatic carbocycles. The van der Waals surface area contributed by atoms with Gasteiger partial charge in [0.2, 0.25) is 5.91 Å². The van der Waals surface area contributed by atoms with Gasteiger partial charge in [0.1, 0.15) is 11.6 Å². The van der Waals surface area contributed by atoms with Crippen molar-refractivity contribution < 1.29 is 19.1 Å². The van der Waals surface area contributed by atoms with E-state index in [0.29, 0.717) is 43.1 Å². The zero-order chi connectivity index (χ0) is 22.6. The molecular weight excluding hydrogens is 421 g/mol. The Morgan fingerprint density at radius 3 is 2.55 bits per heavy atom. The Morgan fingerprint density at radius 2 is 1.87 bits per heavy atom. The zero-order valence-electron chi connectivity index (χ0n) is 17.6. The molecule has 1 aliphatic rings. The van der Waals surface area contributed by atoms with Crippen LogP contribution in [0.15, 0.2) is 42.5 Å². The molecule has 1 aliphatic heterocycles. The van der Waals surface area contributed by atoms with Gasteiger partial charge < -0.3 is 20.6 Å². The number of hydrogen-bond donors (Lipinski definition) is 3. The first-order valence-corrected chi connectivity index (χ1v) is 10.6. The van der Waals surface area contributed by atoms with Crippen molar-refractivity contribution in [2.75, 3.05) is 25.0 Å². The predicted octanol–water partition coefficient (Wildman–Crippen LogP) is 4.52. The number of nitrogens with zero attached hydrogens (tertiary/aromatic N) is 1. The van der Waals surface area contributed by atoms with Crippen molar-refractivity contribution in [2.45, 2.75) is 32.1 Å². The van der Waals surface area contributed by atoms with Gasteiger partial charge in [0.15, 0.2) is 0 Å². The minimum Gasteiger partial charge on any atom is -0.506 e. The van der Waals surface area contributed by atoms with Crippen LogP contribution in [0.3, 0.4) is 0 Å². The molecule has 1 saturated heterocycles. The van der Waals surface area contributed by atoms with Gasteiger partial charge in [0, 0.05) is 36.0 Å². The van der Waals surface area contributed by atoms with E-state index in [-0.39, 0.29) is 35.1 Å². The Bertz CT molecular complexity index is 959. The van der Waals surface area contributed by atoms with Gasteiger partial charge >= 0.3 is 6.03 Å². The van der Waals surface area contributed by atoms with Crippen molar-refractivity contribution in [3.63, 3.8) is 0 Å². The van der Waals surface area contributed by atoms with E-state index in [2.05, 4.69) is 10.6 Å². The average molecular weight is 448 g/mol. The summed E-state index contributed by atoms with van der Waals surface area (Å²) < 4.78 is 14.1. The molecule has 0 bridgehead atoms. The number of carbonyl (C=O) groups excluding carboxylic acids is 2. The summed E-state index contributed by atoms with van der Waals surface area (Å²) in [5.41, 5.74) is 0.265. The minimum atomic E-state index is -0.557. The Morgan fingerprint density at radius 1 is 1.19 bits per heavy atom. The molecule has 0 aromatic heterocycles. The largest absolute Gasteiger partial charge is 0.506 e. The van der Waals surface area contributed by atoms with Crippen LogP contribution in [-0.2, 0) is 10.2 Å². The number of carbonyl (C=O) groups is 2. The van der Waals surface area contributed by atoms with Gasteiger partial charge in [-0.3, -0.25) is 4.79 Å². The molecule has 31 heavy (non-hydrogen) atoms. The van der Waals surface area contributed by atoms with E-state index in [9.17, 15) is 19.1 Å². The predicted molar refractivity (Wildman–Crippen MR) is 119 cm³/mol. The van der Waals surface area contributed by atoms with Gasteiger partial charge in [0.25, 0.3) is 0 Å². The van der Waals surface area contributed by atoms with Crippen molar-refractivity contribution >= 4 is 29.2 Å². The van der Waals surface area contributed by atoms with Crippen molar-refractivity contribution in [1.82, 2.24) is 10.2 Å². The van der Waals surface area contributed by atoms with Crippen LogP contribution in [0.1, 0.15) is 32.3 Å². The Hall–Kier alpha value is -2.80.